The molecule has 0 unspecified atom stereocenters. The molecule has 0 bridgehead atoms. The summed E-state index contributed by atoms with van der Waals surface area (Å²) in [5.41, 5.74) is 2.09. The number of carbonyl (C=O) groups excluding carboxylic acids is 1. The van der Waals surface area contributed by atoms with Crippen molar-refractivity contribution in [2.24, 2.45) is 11.8 Å². The molecule has 1 saturated heterocycles. The van der Waals surface area contributed by atoms with Gasteiger partial charge in [-0.1, -0.05) is 12.1 Å². The zero-order chi connectivity index (χ0) is 20.1. The SMILES string of the molecule is COc1ccc(C[C@@H]2COC(=O)[C@H]2Cc2ccc(OC)c(OC)c2)cc1OC. The third-order valence-corrected chi connectivity index (χ3v) is 5.16. The maximum absolute atomic E-state index is 12.4. The molecule has 0 amide bonds. The molecule has 0 saturated carbocycles. The molecule has 1 heterocycles. The maximum atomic E-state index is 12.4. The Bertz CT molecular complexity index is 832. The van der Waals surface area contributed by atoms with Crippen LogP contribution in [-0.4, -0.2) is 41.0 Å². The molecular formula is C22H26O6. The smallest absolute Gasteiger partial charge is 0.309 e. The Morgan fingerprint density at radius 3 is 1.79 bits per heavy atom. The molecule has 1 fully saturated rings. The second kappa shape index (κ2) is 8.87. The third-order valence-electron chi connectivity index (χ3n) is 5.16. The Labute approximate surface area is 165 Å². The van der Waals surface area contributed by atoms with E-state index in [9.17, 15) is 4.79 Å². The minimum Gasteiger partial charge on any atom is -0.493 e. The van der Waals surface area contributed by atoms with Gasteiger partial charge in [0.15, 0.2) is 23.0 Å². The standard InChI is InChI=1S/C22H26O6/c1-24-18-7-5-14(11-20(18)26-3)9-16-13-28-22(23)17(16)10-15-6-8-19(25-2)21(12-15)27-4/h5-8,11-12,16-17H,9-10,13H2,1-4H3/t16-,17+/m1/s1. The summed E-state index contributed by atoms with van der Waals surface area (Å²) in [4.78, 5) is 12.4. The lowest BCUT2D eigenvalue weighted by atomic mass is 9.85. The van der Waals surface area contributed by atoms with Crippen LogP contribution in [0.1, 0.15) is 11.1 Å². The minimum atomic E-state index is -0.203. The lowest BCUT2D eigenvalue weighted by Crippen LogP contribution is -2.20. The average molecular weight is 386 g/mol. The van der Waals surface area contributed by atoms with Crippen molar-refractivity contribution >= 4 is 5.97 Å². The van der Waals surface area contributed by atoms with E-state index in [2.05, 4.69) is 0 Å². The summed E-state index contributed by atoms with van der Waals surface area (Å²) < 4.78 is 26.7. The molecule has 6 heteroatoms. The van der Waals surface area contributed by atoms with Gasteiger partial charge in [0, 0.05) is 5.92 Å². The van der Waals surface area contributed by atoms with Crippen molar-refractivity contribution < 1.29 is 28.5 Å². The number of rotatable bonds is 8. The first-order valence-electron chi connectivity index (χ1n) is 9.18. The van der Waals surface area contributed by atoms with Gasteiger partial charge in [-0.25, -0.2) is 0 Å². The van der Waals surface area contributed by atoms with Gasteiger partial charge in [0.2, 0.25) is 0 Å². The summed E-state index contributed by atoms with van der Waals surface area (Å²) in [7, 11) is 6.43. The summed E-state index contributed by atoms with van der Waals surface area (Å²) in [5, 5.41) is 0. The normalized spacial score (nSPS) is 18.5. The van der Waals surface area contributed by atoms with Crippen LogP contribution < -0.4 is 18.9 Å². The third kappa shape index (κ3) is 4.16. The molecule has 150 valence electrons. The molecule has 2 aromatic carbocycles. The monoisotopic (exact) mass is 386 g/mol. The van der Waals surface area contributed by atoms with Crippen LogP contribution in [0.15, 0.2) is 36.4 Å². The first-order chi connectivity index (χ1) is 13.6. The molecule has 1 aliphatic rings. The van der Waals surface area contributed by atoms with Crippen molar-refractivity contribution in [3.8, 4) is 23.0 Å². The van der Waals surface area contributed by atoms with Crippen molar-refractivity contribution in [1.29, 1.82) is 0 Å². The van der Waals surface area contributed by atoms with Crippen LogP contribution >= 0.6 is 0 Å². The van der Waals surface area contributed by atoms with E-state index in [-0.39, 0.29) is 17.8 Å². The highest BCUT2D eigenvalue weighted by atomic mass is 16.5. The van der Waals surface area contributed by atoms with E-state index in [0.717, 1.165) is 17.5 Å². The van der Waals surface area contributed by atoms with E-state index in [4.69, 9.17) is 23.7 Å². The molecule has 6 nitrogen and oxygen atoms in total. The van der Waals surface area contributed by atoms with Crippen molar-refractivity contribution in [3.63, 3.8) is 0 Å². The number of benzene rings is 2. The second-order valence-electron chi connectivity index (χ2n) is 6.78. The van der Waals surface area contributed by atoms with Gasteiger partial charge in [-0.05, 0) is 48.2 Å². The number of esters is 1. The zero-order valence-electron chi connectivity index (χ0n) is 16.7. The number of ether oxygens (including phenoxy) is 5. The molecule has 2 aromatic rings. The molecule has 0 aliphatic carbocycles. The Balaban J connectivity index is 1.76. The van der Waals surface area contributed by atoms with Gasteiger partial charge in [-0.2, -0.15) is 0 Å². The predicted octanol–water partition coefficient (Wildman–Crippen LogP) is 3.30. The summed E-state index contributed by atoms with van der Waals surface area (Å²) in [6, 6.07) is 11.6. The van der Waals surface area contributed by atoms with Gasteiger partial charge < -0.3 is 23.7 Å². The highest BCUT2D eigenvalue weighted by molar-refractivity contribution is 5.75. The van der Waals surface area contributed by atoms with Crippen molar-refractivity contribution in [2.45, 2.75) is 12.8 Å². The molecule has 3 rings (SSSR count). The molecule has 1 aliphatic heterocycles. The van der Waals surface area contributed by atoms with E-state index in [1.165, 1.54) is 0 Å². The van der Waals surface area contributed by atoms with Crippen LogP contribution in [0.5, 0.6) is 23.0 Å². The van der Waals surface area contributed by atoms with Crippen molar-refractivity contribution in [2.75, 3.05) is 35.0 Å². The van der Waals surface area contributed by atoms with Crippen LogP contribution in [0.25, 0.3) is 0 Å². The van der Waals surface area contributed by atoms with E-state index in [0.29, 0.717) is 36.0 Å². The fourth-order valence-electron chi connectivity index (χ4n) is 3.63. The van der Waals surface area contributed by atoms with Crippen LogP contribution in [0.4, 0.5) is 0 Å². The second-order valence-corrected chi connectivity index (χ2v) is 6.78. The number of carbonyl (C=O) groups is 1. The van der Waals surface area contributed by atoms with Crippen molar-refractivity contribution in [3.05, 3.63) is 47.5 Å². The van der Waals surface area contributed by atoms with Gasteiger partial charge >= 0.3 is 5.97 Å². The van der Waals surface area contributed by atoms with Crippen LogP contribution in [0, 0.1) is 11.8 Å². The Morgan fingerprint density at radius 2 is 1.29 bits per heavy atom. The lowest BCUT2D eigenvalue weighted by Gasteiger charge is -2.17. The van der Waals surface area contributed by atoms with Gasteiger partial charge in [0.25, 0.3) is 0 Å². The molecule has 0 aromatic heterocycles. The minimum absolute atomic E-state index is 0.0960. The summed E-state index contributed by atoms with van der Waals surface area (Å²) in [5.74, 6) is 2.43. The Hall–Kier alpha value is -2.89. The Morgan fingerprint density at radius 1 is 0.786 bits per heavy atom. The van der Waals surface area contributed by atoms with Crippen molar-refractivity contribution in [1.82, 2.24) is 0 Å². The number of hydrogen-bond donors (Lipinski definition) is 0. The van der Waals surface area contributed by atoms with Crippen LogP contribution in [0.2, 0.25) is 0 Å². The first kappa shape index (κ1) is 19.9. The van der Waals surface area contributed by atoms with Gasteiger partial charge in [-0.3, -0.25) is 4.79 Å². The van der Waals surface area contributed by atoms with Crippen LogP contribution in [-0.2, 0) is 22.4 Å². The van der Waals surface area contributed by atoms with Gasteiger partial charge in [-0.15, -0.1) is 0 Å². The highest BCUT2D eigenvalue weighted by Gasteiger charge is 2.37. The topological polar surface area (TPSA) is 63.2 Å². The zero-order valence-corrected chi connectivity index (χ0v) is 16.7. The first-order valence-corrected chi connectivity index (χ1v) is 9.18. The average Bonchev–Trinajstić information content (AvgIpc) is 3.06. The lowest BCUT2D eigenvalue weighted by molar-refractivity contribution is -0.141. The molecule has 0 N–H and O–H groups in total. The van der Waals surface area contributed by atoms with Crippen LogP contribution in [0.3, 0.4) is 0 Å². The summed E-state index contributed by atoms with van der Waals surface area (Å²) in [6.07, 6.45) is 1.32. The van der Waals surface area contributed by atoms with Gasteiger partial charge in [0.05, 0.1) is 41.0 Å². The largest absolute Gasteiger partial charge is 0.493 e. The molecule has 2 atom stereocenters. The molecule has 0 spiro atoms. The summed E-state index contributed by atoms with van der Waals surface area (Å²) >= 11 is 0. The Kier molecular flexibility index (Phi) is 6.29. The molecule has 28 heavy (non-hydrogen) atoms. The van der Waals surface area contributed by atoms with E-state index < -0.39 is 0 Å². The van der Waals surface area contributed by atoms with E-state index in [1.54, 1.807) is 28.4 Å². The predicted molar refractivity (Wildman–Crippen MR) is 104 cm³/mol. The number of hydrogen-bond acceptors (Lipinski definition) is 6. The number of cyclic esters (lactones) is 1. The quantitative estimate of drug-likeness (QED) is 0.649. The number of methoxy groups -OCH3 is 4. The van der Waals surface area contributed by atoms with E-state index >= 15 is 0 Å². The maximum Gasteiger partial charge on any atom is 0.309 e. The fourth-order valence-corrected chi connectivity index (χ4v) is 3.63. The highest BCUT2D eigenvalue weighted by Crippen LogP contribution is 2.34. The van der Waals surface area contributed by atoms with Gasteiger partial charge in [0.1, 0.15) is 0 Å². The fraction of sp³-hybridized carbons (Fsp3) is 0.409. The molecule has 0 radical (unpaired) electrons. The summed E-state index contributed by atoms with van der Waals surface area (Å²) in [6.45, 7) is 0.422. The molecular weight excluding hydrogens is 360 g/mol. The van der Waals surface area contributed by atoms with E-state index in [1.807, 2.05) is 36.4 Å².